The number of piperidine rings is 1. The standard InChI is InChI=1S/C18H30N4O4S/c1-18(2,3)19-27(25,26)15-8-9-16(17(11-15)22(23)24)21-10-6-7-14(13-21)12-20(4)5/h8-9,11,14,19H,6-7,10,12-13H2,1-5H3/t14-/m1/s1. The first-order chi connectivity index (χ1) is 12.4. The summed E-state index contributed by atoms with van der Waals surface area (Å²) in [6.07, 6.45) is 2.05. The van der Waals surface area contributed by atoms with Crippen molar-refractivity contribution in [3.63, 3.8) is 0 Å². The quantitative estimate of drug-likeness (QED) is 0.584. The van der Waals surface area contributed by atoms with Gasteiger partial charge in [-0.05, 0) is 65.8 Å². The Morgan fingerprint density at radius 1 is 1.33 bits per heavy atom. The van der Waals surface area contributed by atoms with E-state index in [4.69, 9.17) is 0 Å². The van der Waals surface area contributed by atoms with Gasteiger partial charge in [-0.15, -0.1) is 0 Å². The predicted octanol–water partition coefficient (Wildman–Crippen LogP) is 2.45. The van der Waals surface area contributed by atoms with Crippen LogP contribution in [0.5, 0.6) is 0 Å². The van der Waals surface area contributed by atoms with Crippen LogP contribution in [0, 0.1) is 16.0 Å². The molecular formula is C18H30N4O4S. The number of rotatable bonds is 6. The van der Waals surface area contributed by atoms with Crippen LogP contribution in [0.1, 0.15) is 33.6 Å². The van der Waals surface area contributed by atoms with E-state index in [-0.39, 0.29) is 10.6 Å². The Kier molecular flexibility index (Phi) is 6.49. The summed E-state index contributed by atoms with van der Waals surface area (Å²) in [5.74, 6) is 0.430. The highest BCUT2D eigenvalue weighted by atomic mass is 32.2. The summed E-state index contributed by atoms with van der Waals surface area (Å²) in [6.45, 7) is 7.57. The first-order valence-electron chi connectivity index (χ1n) is 9.11. The van der Waals surface area contributed by atoms with Crippen molar-refractivity contribution in [3.8, 4) is 0 Å². The third-order valence-electron chi connectivity index (χ3n) is 4.38. The van der Waals surface area contributed by atoms with Crippen molar-refractivity contribution in [3.05, 3.63) is 28.3 Å². The third kappa shape index (κ3) is 5.88. The third-order valence-corrected chi connectivity index (χ3v) is 6.13. The maximum atomic E-state index is 12.5. The summed E-state index contributed by atoms with van der Waals surface area (Å²) in [5.41, 5.74) is -0.353. The van der Waals surface area contributed by atoms with Gasteiger partial charge in [0.2, 0.25) is 10.0 Å². The Bertz CT molecular complexity index is 787. The number of anilines is 1. The van der Waals surface area contributed by atoms with Crippen LogP contribution in [0.2, 0.25) is 0 Å². The fourth-order valence-electron chi connectivity index (χ4n) is 3.50. The summed E-state index contributed by atoms with van der Waals surface area (Å²) in [6, 6.07) is 4.18. The van der Waals surface area contributed by atoms with Crippen molar-refractivity contribution in [1.29, 1.82) is 0 Å². The zero-order chi connectivity index (χ0) is 20.4. The molecule has 1 aromatic carbocycles. The van der Waals surface area contributed by atoms with Gasteiger partial charge in [0.05, 0.1) is 9.82 Å². The highest BCUT2D eigenvalue weighted by Gasteiger charge is 2.29. The van der Waals surface area contributed by atoms with Crippen LogP contribution in [-0.4, -0.2) is 57.5 Å². The van der Waals surface area contributed by atoms with Crippen LogP contribution >= 0.6 is 0 Å². The number of nitro groups is 1. The molecule has 8 nitrogen and oxygen atoms in total. The average Bonchev–Trinajstić information content (AvgIpc) is 2.51. The lowest BCUT2D eigenvalue weighted by molar-refractivity contribution is -0.384. The normalized spacial score (nSPS) is 18.7. The summed E-state index contributed by atoms with van der Waals surface area (Å²) in [7, 11) is 0.206. The lowest BCUT2D eigenvalue weighted by atomic mass is 9.97. The molecule has 1 fully saturated rings. The molecule has 0 saturated carbocycles. The zero-order valence-electron chi connectivity index (χ0n) is 16.7. The number of hydrogen-bond donors (Lipinski definition) is 1. The van der Waals surface area contributed by atoms with E-state index in [1.54, 1.807) is 26.8 Å². The Morgan fingerprint density at radius 2 is 2.00 bits per heavy atom. The molecule has 2 rings (SSSR count). The highest BCUT2D eigenvalue weighted by Crippen LogP contribution is 2.34. The van der Waals surface area contributed by atoms with Crippen LogP contribution in [0.4, 0.5) is 11.4 Å². The first-order valence-corrected chi connectivity index (χ1v) is 10.6. The molecule has 1 atom stereocenters. The Morgan fingerprint density at radius 3 is 2.56 bits per heavy atom. The second kappa shape index (κ2) is 8.12. The summed E-state index contributed by atoms with van der Waals surface area (Å²) in [5, 5.41) is 11.6. The van der Waals surface area contributed by atoms with Gasteiger partial charge in [-0.1, -0.05) is 0 Å². The molecule has 1 saturated heterocycles. The lowest BCUT2D eigenvalue weighted by Gasteiger charge is -2.35. The van der Waals surface area contributed by atoms with Gasteiger partial charge in [0, 0.05) is 31.2 Å². The number of benzene rings is 1. The predicted molar refractivity (Wildman–Crippen MR) is 107 cm³/mol. The second-order valence-electron chi connectivity index (χ2n) is 8.48. The summed E-state index contributed by atoms with van der Waals surface area (Å²) >= 11 is 0. The van der Waals surface area contributed by atoms with Crippen molar-refractivity contribution in [1.82, 2.24) is 9.62 Å². The first kappa shape index (κ1) is 21.6. The topological polar surface area (TPSA) is 95.8 Å². The van der Waals surface area contributed by atoms with Crippen LogP contribution in [0.3, 0.4) is 0 Å². The molecule has 0 bridgehead atoms. The van der Waals surface area contributed by atoms with Crippen molar-refractivity contribution in [2.45, 2.75) is 44.0 Å². The Labute approximate surface area is 161 Å². The maximum Gasteiger partial charge on any atom is 0.293 e. The van der Waals surface area contributed by atoms with Gasteiger partial charge in [-0.25, -0.2) is 13.1 Å². The molecule has 1 aliphatic rings. The van der Waals surface area contributed by atoms with Gasteiger partial charge in [-0.2, -0.15) is 0 Å². The second-order valence-corrected chi connectivity index (χ2v) is 10.2. The molecular weight excluding hydrogens is 368 g/mol. The molecule has 1 aliphatic heterocycles. The number of nitrogens with zero attached hydrogens (tertiary/aromatic N) is 3. The Balaban J connectivity index is 2.35. The molecule has 0 aromatic heterocycles. The fraction of sp³-hybridized carbons (Fsp3) is 0.667. The van der Waals surface area contributed by atoms with E-state index in [1.165, 1.54) is 12.1 Å². The number of nitro benzene ring substituents is 1. The Hall–Kier alpha value is -1.71. The van der Waals surface area contributed by atoms with Gasteiger partial charge in [0.15, 0.2) is 0 Å². The SMILES string of the molecule is CN(C)C[C@H]1CCCN(c2ccc(S(=O)(=O)NC(C)(C)C)cc2[N+](=O)[O-])C1. The molecule has 0 spiro atoms. The molecule has 0 radical (unpaired) electrons. The molecule has 27 heavy (non-hydrogen) atoms. The van der Waals surface area contributed by atoms with Crippen molar-refractivity contribution in [2.24, 2.45) is 5.92 Å². The number of nitrogens with one attached hydrogen (secondary N) is 1. The minimum Gasteiger partial charge on any atom is -0.366 e. The number of sulfonamides is 1. The van der Waals surface area contributed by atoms with E-state index in [2.05, 4.69) is 9.62 Å². The molecule has 1 aromatic rings. The van der Waals surface area contributed by atoms with Crippen LogP contribution in [0.15, 0.2) is 23.1 Å². The average molecular weight is 399 g/mol. The minimum atomic E-state index is -3.83. The molecule has 152 valence electrons. The molecule has 1 heterocycles. The van der Waals surface area contributed by atoms with Crippen molar-refractivity contribution < 1.29 is 13.3 Å². The van der Waals surface area contributed by atoms with Crippen LogP contribution in [-0.2, 0) is 10.0 Å². The van der Waals surface area contributed by atoms with Gasteiger partial charge < -0.3 is 9.80 Å². The van der Waals surface area contributed by atoms with E-state index < -0.39 is 20.5 Å². The van der Waals surface area contributed by atoms with Crippen molar-refractivity contribution >= 4 is 21.4 Å². The van der Waals surface area contributed by atoms with Crippen LogP contribution in [0.25, 0.3) is 0 Å². The smallest absolute Gasteiger partial charge is 0.293 e. The molecule has 1 N–H and O–H groups in total. The molecule has 0 unspecified atom stereocenters. The van der Waals surface area contributed by atoms with E-state index in [0.717, 1.165) is 32.5 Å². The lowest BCUT2D eigenvalue weighted by Crippen LogP contribution is -2.41. The van der Waals surface area contributed by atoms with E-state index in [9.17, 15) is 18.5 Å². The van der Waals surface area contributed by atoms with E-state index >= 15 is 0 Å². The number of hydrogen-bond acceptors (Lipinski definition) is 6. The van der Waals surface area contributed by atoms with E-state index in [1.807, 2.05) is 19.0 Å². The summed E-state index contributed by atoms with van der Waals surface area (Å²) < 4.78 is 27.6. The molecule has 0 amide bonds. The highest BCUT2D eigenvalue weighted by molar-refractivity contribution is 7.89. The zero-order valence-corrected chi connectivity index (χ0v) is 17.5. The van der Waals surface area contributed by atoms with Crippen LogP contribution < -0.4 is 9.62 Å². The maximum absolute atomic E-state index is 12.5. The summed E-state index contributed by atoms with van der Waals surface area (Å²) in [4.78, 5) is 15.2. The minimum absolute atomic E-state index is 0.0882. The van der Waals surface area contributed by atoms with Gasteiger partial charge in [0.25, 0.3) is 5.69 Å². The molecule has 0 aliphatic carbocycles. The fourth-order valence-corrected chi connectivity index (χ4v) is 4.93. The van der Waals surface area contributed by atoms with Gasteiger partial charge in [0.1, 0.15) is 5.69 Å². The van der Waals surface area contributed by atoms with Gasteiger partial charge >= 0.3 is 0 Å². The molecule has 9 heteroatoms. The monoisotopic (exact) mass is 398 g/mol. The largest absolute Gasteiger partial charge is 0.366 e. The van der Waals surface area contributed by atoms with E-state index in [0.29, 0.717) is 11.6 Å². The van der Waals surface area contributed by atoms with Gasteiger partial charge in [-0.3, -0.25) is 10.1 Å². The van der Waals surface area contributed by atoms with Crippen molar-refractivity contribution in [2.75, 3.05) is 38.6 Å².